The molecule has 4 aromatic carbocycles. The van der Waals surface area contributed by atoms with E-state index in [9.17, 15) is 0 Å². The number of azide groups is 3. The highest BCUT2D eigenvalue weighted by Gasteiger charge is 2.08. The molecule has 4 aromatic rings. The van der Waals surface area contributed by atoms with Crippen LogP contribution in [0.4, 0.5) is 0 Å². The Labute approximate surface area is 885 Å². The third-order valence-corrected chi connectivity index (χ3v) is 19.1. The fourth-order valence-corrected chi connectivity index (χ4v) is 11.6. The molecule has 0 spiro atoms. The first kappa shape index (κ1) is 134. The molecule has 0 aliphatic heterocycles. The van der Waals surface area contributed by atoms with E-state index in [0.29, 0.717) is 495 Å². The predicted octanol–water partition coefficient (Wildman–Crippen LogP) is 8.91. The van der Waals surface area contributed by atoms with Crippen LogP contribution in [0, 0.1) is 35.5 Å². The first-order chi connectivity index (χ1) is 74.6. The highest BCUT2D eigenvalue weighted by Crippen LogP contribution is 2.14. The Morgan fingerprint density at radius 1 is 0.133 bits per heavy atom. The largest absolute Gasteiger partial charge is 0.379 e. The van der Waals surface area contributed by atoms with Crippen molar-refractivity contribution in [3.63, 3.8) is 0 Å². The van der Waals surface area contributed by atoms with Gasteiger partial charge in [0.25, 0.3) is 0 Å². The summed E-state index contributed by atoms with van der Waals surface area (Å²) in [7, 11) is 0. The summed E-state index contributed by atoms with van der Waals surface area (Å²) >= 11 is 0. The molecule has 45 nitrogen and oxygen atoms in total. The normalized spacial score (nSPS) is 11.2. The maximum absolute atomic E-state index is 8.23. The van der Waals surface area contributed by atoms with Crippen LogP contribution < -0.4 is 0 Å². The summed E-state index contributed by atoms with van der Waals surface area (Å²) in [6.45, 7) is 33.5. The minimum Gasteiger partial charge on any atom is -0.379 e. The average molecular weight is 2130 g/mol. The number of nitrogens with zero attached hydrogens (tertiary/aromatic N) is 9. The van der Waals surface area contributed by atoms with Crippen molar-refractivity contribution in [2.45, 2.75) is 19.8 Å². The third-order valence-electron chi connectivity index (χ3n) is 19.1. The van der Waals surface area contributed by atoms with Gasteiger partial charge >= 0.3 is 0 Å². The summed E-state index contributed by atoms with van der Waals surface area (Å²) in [5.74, 6) is 20.1. The molecule has 150 heavy (non-hydrogen) atoms. The van der Waals surface area contributed by atoms with Crippen molar-refractivity contribution in [3.8, 4) is 35.5 Å². The molecule has 4 rings (SSSR count). The minimum absolute atomic E-state index is 0.310. The molecule has 0 atom stereocenters. The molecule has 0 heterocycles. The van der Waals surface area contributed by atoms with Crippen LogP contribution in [0.25, 0.3) is 31.3 Å². The summed E-state index contributed by atoms with van der Waals surface area (Å²) in [6, 6.07) is 29.9. The summed E-state index contributed by atoms with van der Waals surface area (Å²) in [6.07, 6.45) is 0. The lowest BCUT2D eigenvalue weighted by molar-refractivity contribution is -0.0284. The number of hydrogen-bond acceptors (Lipinski definition) is 39. The van der Waals surface area contributed by atoms with Crippen LogP contribution in [0.3, 0.4) is 0 Å². The molecule has 45 heteroatoms. The van der Waals surface area contributed by atoms with E-state index >= 15 is 0 Å². The van der Waals surface area contributed by atoms with Gasteiger partial charge in [-0.1, -0.05) is 87.3 Å². The zero-order valence-electron chi connectivity index (χ0n) is 87.9. The van der Waals surface area contributed by atoms with Gasteiger partial charge in [0.2, 0.25) is 0 Å². The standard InChI is InChI=1S/C105H165N9O36/c106-112-109-19-22-115-25-28-118-31-34-121-37-40-124-43-46-127-49-52-130-55-58-133-61-64-136-67-70-139-73-76-142-79-82-145-85-88-148-94-100-10-1-97(2-11-100)7-16-103-91-104(17-8-98-3-12-101(13-4-98)95-149-89-86-146-83-80-143-77-74-140-71-68-137-65-62-134-59-56-131-53-50-128-47-44-125-41-38-122-35-32-119-29-26-116-23-20-110-113-107)93-105(92-103)18-9-99-5-14-102(15-6-99)96-150-90-87-147-84-81-144-78-75-141-72-69-138-66-63-135-60-57-132-54-51-129-48-45-126-42-39-123-36-33-120-30-27-117-24-21-111-114-108/h1-6,10-15,91-93H,19-90,94-96H2. The molecule has 0 amide bonds. The molecular weight excluding hydrogens is 1960 g/mol. The second-order valence-electron chi connectivity index (χ2n) is 30.9. The van der Waals surface area contributed by atoms with E-state index in [1.807, 2.05) is 91.0 Å². The lowest BCUT2D eigenvalue weighted by Gasteiger charge is -2.09. The van der Waals surface area contributed by atoms with Crippen molar-refractivity contribution >= 4 is 0 Å². The van der Waals surface area contributed by atoms with Crippen molar-refractivity contribution in [2.75, 3.05) is 476 Å². The van der Waals surface area contributed by atoms with Gasteiger partial charge in [-0.25, -0.2) is 0 Å². The van der Waals surface area contributed by atoms with E-state index in [-0.39, 0.29) is 0 Å². The van der Waals surface area contributed by atoms with E-state index in [0.717, 1.165) is 50.1 Å². The molecule has 0 radical (unpaired) electrons. The van der Waals surface area contributed by atoms with Crippen molar-refractivity contribution in [1.29, 1.82) is 0 Å². The van der Waals surface area contributed by atoms with Crippen molar-refractivity contribution in [1.82, 2.24) is 0 Å². The summed E-state index contributed by atoms with van der Waals surface area (Å²) in [5.41, 5.74) is 32.6. The number of benzene rings is 4. The van der Waals surface area contributed by atoms with Gasteiger partial charge in [-0.15, -0.1) is 0 Å². The summed E-state index contributed by atoms with van der Waals surface area (Å²) in [5, 5.41) is 10.2. The second kappa shape index (κ2) is 112. The van der Waals surface area contributed by atoms with Crippen LogP contribution >= 0.6 is 0 Å². The fraction of sp³-hybridized carbons (Fsp3) is 0.714. The van der Waals surface area contributed by atoms with Crippen LogP contribution in [0.15, 0.2) is 106 Å². The van der Waals surface area contributed by atoms with E-state index in [1.165, 1.54) is 0 Å². The van der Waals surface area contributed by atoms with E-state index in [2.05, 4.69) is 65.6 Å². The fourth-order valence-electron chi connectivity index (χ4n) is 11.6. The van der Waals surface area contributed by atoms with Crippen LogP contribution in [0.1, 0.15) is 50.1 Å². The highest BCUT2D eigenvalue weighted by molar-refractivity contribution is 5.55. The monoisotopic (exact) mass is 2130 g/mol. The Morgan fingerprint density at radius 2 is 0.233 bits per heavy atom. The molecule has 0 saturated carbocycles. The molecule has 0 aromatic heterocycles. The smallest absolute Gasteiger partial charge is 0.0718 e. The summed E-state index contributed by atoms with van der Waals surface area (Å²) in [4.78, 5) is 8.00. The number of ether oxygens (including phenoxy) is 36. The molecule has 846 valence electrons. The lowest BCUT2D eigenvalue weighted by atomic mass is 10.0. The van der Waals surface area contributed by atoms with E-state index in [4.69, 9.17) is 187 Å². The summed E-state index contributed by atoms with van der Waals surface area (Å²) < 4.78 is 200. The Balaban J connectivity index is 1.03. The Kier molecular flexibility index (Phi) is 100. The van der Waals surface area contributed by atoms with E-state index < -0.39 is 0 Å². The van der Waals surface area contributed by atoms with Crippen LogP contribution in [-0.2, 0) is 190 Å². The van der Waals surface area contributed by atoms with Gasteiger partial charge in [0.05, 0.1) is 476 Å². The molecular formula is C105H165N9O36. The minimum atomic E-state index is 0.310. The van der Waals surface area contributed by atoms with Gasteiger partial charge in [-0.3, -0.25) is 0 Å². The maximum Gasteiger partial charge on any atom is 0.0718 e. The van der Waals surface area contributed by atoms with Crippen molar-refractivity contribution in [3.05, 3.63) is 172 Å². The highest BCUT2D eigenvalue weighted by atomic mass is 16.6. The quantitative estimate of drug-likeness (QED) is 0.0131. The van der Waals surface area contributed by atoms with Gasteiger partial charge in [0, 0.05) is 67.8 Å². The number of rotatable bonds is 114. The molecule has 0 N–H and O–H groups in total. The topological polar surface area (TPSA) is 479 Å². The van der Waals surface area contributed by atoms with Gasteiger partial charge < -0.3 is 171 Å². The van der Waals surface area contributed by atoms with Gasteiger partial charge in [0.1, 0.15) is 0 Å². The van der Waals surface area contributed by atoms with Gasteiger partial charge in [-0.2, -0.15) is 0 Å². The van der Waals surface area contributed by atoms with Crippen molar-refractivity contribution < 1.29 is 171 Å². The molecule has 0 aliphatic rings. The van der Waals surface area contributed by atoms with Gasteiger partial charge in [-0.05, 0) is 87.9 Å². The van der Waals surface area contributed by atoms with Gasteiger partial charge in [0.15, 0.2) is 0 Å². The zero-order chi connectivity index (χ0) is 106. The number of hydrogen-bond donors (Lipinski definition) is 0. The molecule has 0 bridgehead atoms. The molecule has 0 fully saturated rings. The van der Waals surface area contributed by atoms with Crippen molar-refractivity contribution in [2.24, 2.45) is 15.3 Å². The average Bonchev–Trinajstić information content (AvgIpc) is 0.849. The Morgan fingerprint density at radius 3 is 0.347 bits per heavy atom. The first-order valence-corrected chi connectivity index (χ1v) is 51.4. The third kappa shape index (κ3) is 94.8. The maximum atomic E-state index is 8.23. The first-order valence-electron chi connectivity index (χ1n) is 51.4. The Bertz CT molecular complexity index is 3580. The Hall–Kier alpha value is -7.95. The predicted molar refractivity (Wildman–Crippen MR) is 552 cm³/mol. The van der Waals surface area contributed by atoms with Crippen LogP contribution in [0.5, 0.6) is 0 Å². The van der Waals surface area contributed by atoms with Crippen LogP contribution in [-0.4, -0.2) is 476 Å². The van der Waals surface area contributed by atoms with E-state index in [1.54, 1.807) is 0 Å². The van der Waals surface area contributed by atoms with Crippen LogP contribution in [0.2, 0.25) is 0 Å². The SMILES string of the molecule is [N-]=[N+]=NCCOCCOCCOCCOCCOCCOCCOCCOCCOCCOCCOCCOCc1ccc(C#Cc2cc(C#Cc3ccc(COCCOCCOCCOCCOCCOCCOCCOCCOCCOCCOCCOCCN=[N+]=[N-])cc3)cc(C#Cc3ccc(COCCOCCOCCOCCOCCOCCOCCOCCOCCOCCOCCOCCN=[N+]=[N-])cc3)c2)cc1. The molecule has 0 unspecified atom stereocenters. The molecule has 0 aliphatic carbocycles. The molecule has 0 saturated heterocycles. The zero-order valence-corrected chi connectivity index (χ0v) is 87.9. The second-order valence-corrected chi connectivity index (χ2v) is 30.9. The lowest BCUT2D eigenvalue weighted by Crippen LogP contribution is -2.15.